The Labute approximate surface area is 127 Å². The van der Waals surface area contributed by atoms with Gasteiger partial charge in [-0.2, -0.15) is 0 Å². The molecule has 0 spiro atoms. The van der Waals surface area contributed by atoms with Crippen LogP contribution in [0.1, 0.15) is 16.8 Å². The predicted octanol–water partition coefficient (Wildman–Crippen LogP) is 3.29. The van der Waals surface area contributed by atoms with Crippen LogP contribution in [0.15, 0.2) is 48.5 Å². The molecule has 0 bridgehead atoms. The van der Waals surface area contributed by atoms with Crippen LogP contribution in [-0.4, -0.2) is 24.4 Å². The van der Waals surface area contributed by atoms with E-state index in [4.69, 9.17) is 4.74 Å². The van der Waals surface area contributed by atoms with Gasteiger partial charge in [-0.05, 0) is 30.3 Å². The number of nitrogens with zero attached hydrogens (tertiary/aromatic N) is 1. The fourth-order valence-corrected chi connectivity index (χ4v) is 1.97. The second-order valence-electron chi connectivity index (χ2n) is 4.64. The van der Waals surface area contributed by atoms with Crippen molar-refractivity contribution < 1.29 is 14.5 Å². The van der Waals surface area contributed by atoms with Crippen molar-refractivity contribution in [3.63, 3.8) is 0 Å². The van der Waals surface area contributed by atoms with Gasteiger partial charge in [-0.3, -0.25) is 14.9 Å². The third-order valence-electron chi connectivity index (χ3n) is 3.15. The van der Waals surface area contributed by atoms with Crippen LogP contribution in [0, 0.1) is 10.1 Å². The highest BCUT2D eigenvalue weighted by Crippen LogP contribution is 2.17. The van der Waals surface area contributed by atoms with E-state index >= 15 is 0 Å². The molecule has 2 aromatic rings. The minimum Gasteiger partial charge on any atom is -0.497 e. The summed E-state index contributed by atoms with van der Waals surface area (Å²) in [4.78, 5) is 22.3. The van der Waals surface area contributed by atoms with E-state index in [2.05, 4.69) is 5.32 Å². The number of non-ortho nitro benzene ring substituents is 1. The number of ether oxygens (including phenoxy) is 1. The first-order valence-corrected chi connectivity index (χ1v) is 6.76. The number of carbonyl (C=O) groups excluding carboxylic acids is 1. The summed E-state index contributed by atoms with van der Waals surface area (Å²) in [5.74, 6) is 0.701. The standard InChI is InChI=1S/C16H16N2O4/c1-22-15-7-5-12(6-8-15)16(19)9-10-17-13-3-2-4-14(11-13)18(20)21/h2-8,11,17H,9-10H2,1H3. The largest absolute Gasteiger partial charge is 0.497 e. The van der Waals surface area contributed by atoms with Crippen LogP contribution >= 0.6 is 0 Å². The lowest BCUT2D eigenvalue weighted by atomic mass is 10.1. The molecule has 6 nitrogen and oxygen atoms in total. The Morgan fingerprint density at radius 3 is 2.59 bits per heavy atom. The molecule has 2 aromatic carbocycles. The number of nitrogens with one attached hydrogen (secondary N) is 1. The van der Waals surface area contributed by atoms with Crippen molar-refractivity contribution in [2.45, 2.75) is 6.42 Å². The van der Waals surface area contributed by atoms with Crippen LogP contribution in [-0.2, 0) is 0 Å². The van der Waals surface area contributed by atoms with E-state index < -0.39 is 4.92 Å². The molecule has 0 amide bonds. The van der Waals surface area contributed by atoms with Gasteiger partial charge in [0.05, 0.1) is 12.0 Å². The van der Waals surface area contributed by atoms with E-state index in [1.807, 2.05) is 0 Å². The smallest absolute Gasteiger partial charge is 0.271 e. The first-order valence-electron chi connectivity index (χ1n) is 6.76. The summed E-state index contributed by atoms with van der Waals surface area (Å²) in [5.41, 5.74) is 1.25. The zero-order valence-corrected chi connectivity index (χ0v) is 12.1. The Morgan fingerprint density at radius 2 is 1.95 bits per heavy atom. The molecule has 0 unspecified atom stereocenters. The number of hydrogen-bond donors (Lipinski definition) is 1. The quantitative estimate of drug-likeness (QED) is 0.482. The monoisotopic (exact) mass is 300 g/mol. The van der Waals surface area contributed by atoms with Crippen LogP contribution < -0.4 is 10.1 Å². The molecule has 0 radical (unpaired) electrons. The maximum atomic E-state index is 12.0. The average molecular weight is 300 g/mol. The number of nitro benzene ring substituents is 1. The molecular formula is C16H16N2O4. The maximum absolute atomic E-state index is 12.0. The lowest BCUT2D eigenvalue weighted by Gasteiger charge is -2.06. The van der Waals surface area contributed by atoms with Crippen LogP contribution in [0.4, 0.5) is 11.4 Å². The van der Waals surface area contributed by atoms with Gasteiger partial charge in [0.15, 0.2) is 5.78 Å². The molecule has 1 N–H and O–H groups in total. The van der Waals surface area contributed by atoms with Crippen LogP contribution in [0.3, 0.4) is 0 Å². The van der Waals surface area contributed by atoms with Crippen LogP contribution in [0.5, 0.6) is 5.75 Å². The summed E-state index contributed by atoms with van der Waals surface area (Å²) in [6, 6.07) is 13.1. The zero-order valence-electron chi connectivity index (χ0n) is 12.1. The van der Waals surface area contributed by atoms with Gasteiger partial charge in [-0.25, -0.2) is 0 Å². The van der Waals surface area contributed by atoms with E-state index in [9.17, 15) is 14.9 Å². The van der Waals surface area contributed by atoms with Crippen LogP contribution in [0.25, 0.3) is 0 Å². The molecule has 0 aliphatic rings. The van der Waals surface area contributed by atoms with Crippen molar-refractivity contribution in [3.05, 3.63) is 64.2 Å². The summed E-state index contributed by atoms with van der Waals surface area (Å²) in [5, 5.41) is 13.7. The molecule has 0 aromatic heterocycles. The highest BCUT2D eigenvalue weighted by molar-refractivity contribution is 5.96. The number of methoxy groups -OCH3 is 1. The normalized spacial score (nSPS) is 10.0. The Kier molecular flexibility index (Phi) is 5.08. The lowest BCUT2D eigenvalue weighted by Crippen LogP contribution is -2.09. The van der Waals surface area contributed by atoms with Gasteiger partial charge in [0.2, 0.25) is 0 Å². The molecule has 0 aliphatic heterocycles. The van der Waals surface area contributed by atoms with Crippen molar-refractivity contribution in [1.29, 1.82) is 0 Å². The summed E-state index contributed by atoms with van der Waals surface area (Å²) in [6.45, 7) is 0.409. The van der Waals surface area contributed by atoms with Gasteiger partial charge in [0.25, 0.3) is 5.69 Å². The highest BCUT2D eigenvalue weighted by Gasteiger charge is 2.07. The fourth-order valence-electron chi connectivity index (χ4n) is 1.97. The molecule has 0 fully saturated rings. The van der Waals surface area contributed by atoms with Gasteiger partial charge in [0, 0.05) is 36.3 Å². The number of hydrogen-bond acceptors (Lipinski definition) is 5. The van der Waals surface area contributed by atoms with Crippen molar-refractivity contribution in [2.24, 2.45) is 0 Å². The molecule has 0 heterocycles. The fraction of sp³-hybridized carbons (Fsp3) is 0.188. The Bertz CT molecular complexity index is 668. The number of carbonyl (C=O) groups is 1. The van der Waals surface area contributed by atoms with Crippen molar-refractivity contribution in [1.82, 2.24) is 0 Å². The molecular weight excluding hydrogens is 284 g/mol. The SMILES string of the molecule is COc1ccc(C(=O)CCNc2cccc([N+](=O)[O-])c2)cc1. The van der Waals surface area contributed by atoms with Gasteiger partial charge in [0.1, 0.15) is 5.75 Å². The van der Waals surface area contributed by atoms with Crippen molar-refractivity contribution in [3.8, 4) is 5.75 Å². The zero-order chi connectivity index (χ0) is 15.9. The molecule has 6 heteroatoms. The Balaban J connectivity index is 1.88. The van der Waals surface area contributed by atoms with E-state index in [1.165, 1.54) is 12.1 Å². The first kappa shape index (κ1) is 15.5. The number of nitro groups is 1. The molecule has 22 heavy (non-hydrogen) atoms. The third kappa shape index (κ3) is 4.05. The number of benzene rings is 2. The average Bonchev–Trinajstić information content (AvgIpc) is 2.55. The summed E-state index contributed by atoms with van der Waals surface area (Å²) >= 11 is 0. The topological polar surface area (TPSA) is 81.5 Å². The Morgan fingerprint density at radius 1 is 1.23 bits per heavy atom. The minimum atomic E-state index is -0.451. The molecule has 114 valence electrons. The minimum absolute atomic E-state index is 0.000541. The predicted molar refractivity (Wildman–Crippen MR) is 83.5 cm³/mol. The second kappa shape index (κ2) is 7.21. The molecule has 0 saturated heterocycles. The van der Waals surface area contributed by atoms with E-state index in [-0.39, 0.29) is 11.5 Å². The van der Waals surface area contributed by atoms with Gasteiger partial charge >= 0.3 is 0 Å². The van der Waals surface area contributed by atoms with Crippen molar-refractivity contribution >= 4 is 17.2 Å². The maximum Gasteiger partial charge on any atom is 0.271 e. The Hall–Kier alpha value is -2.89. The van der Waals surface area contributed by atoms with E-state index in [0.717, 1.165) is 0 Å². The molecule has 0 atom stereocenters. The van der Waals surface area contributed by atoms with E-state index in [1.54, 1.807) is 43.5 Å². The van der Waals surface area contributed by atoms with Crippen molar-refractivity contribution in [2.75, 3.05) is 19.0 Å². The summed E-state index contributed by atoms with van der Waals surface area (Å²) in [7, 11) is 1.57. The first-order chi connectivity index (χ1) is 10.6. The number of ketones is 1. The number of Topliss-reactive ketones (excluding diaryl/α,β-unsaturated/α-hetero) is 1. The summed E-state index contributed by atoms with van der Waals surface area (Å²) < 4.78 is 5.04. The number of rotatable bonds is 7. The summed E-state index contributed by atoms with van der Waals surface area (Å²) in [6.07, 6.45) is 0.301. The molecule has 0 aliphatic carbocycles. The van der Waals surface area contributed by atoms with E-state index in [0.29, 0.717) is 30.0 Å². The second-order valence-corrected chi connectivity index (χ2v) is 4.64. The third-order valence-corrected chi connectivity index (χ3v) is 3.15. The number of anilines is 1. The van der Waals surface area contributed by atoms with Crippen LogP contribution in [0.2, 0.25) is 0 Å². The lowest BCUT2D eigenvalue weighted by molar-refractivity contribution is -0.384. The van der Waals surface area contributed by atoms with Gasteiger partial charge in [-0.1, -0.05) is 6.07 Å². The highest BCUT2D eigenvalue weighted by atomic mass is 16.6. The van der Waals surface area contributed by atoms with Gasteiger partial charge in [-0.15, -0.1) is 0 Å². The molecule has 2 rings (SSSR count). The molecule has 0 saturated carbocycles. The van der Waals surface area contributed by atoms with Gasteiger partial charge < -0.3 is 10.1 Å².